The quantitative estimate of drug-likeness (QED) is 0.922. The number of thiophene rings is 1. The maximum Gasteiger partial charge on any atom is 0.240 e. The third kappa shape index (κ3) is 3.59. The third-order valence-electron chi connectivity index (χ3n) is 2.44. The summed E-state index contributed by atoms with van der Waals surface area (Å²) in [7, 11) is -3.80. The Balaban J connectivity index is 2.03. The van der Waals surface area contributed by atoms with Gasteiger partial charge in [0.15, 0.2) is 11.6 Å². The second-order valence-corrected chi connectivity index (χ2v) is 6.60. The molecule has 19 heavy (non-hydrogen) atoms. The smallest absolute Gasteiger partial charge is 0.211 e. The van der Waals surface area contributed by atoms with Crippen molar-refractivity contribution in [1.29, 1.82) is 0 Å². The molecule has 0 atom stereocenters. The first-order valence-electron chi connectivity index (χ1n) is 5.46. The standard InChI is InChI=1S/C12H11F2NO2S2/c13-11-4-3-10(8-12(11)14)19(16,17)15-6-5-9-2-1-7-18-9/h1-4,7-8,15H,5-6H2. The van der Waals surface area contributed by atoms with Gasteiger partial charge in [0.25, 0.3) is 0 Å². The monoisotopic (exact) mass is 303 g/mol. The van der Waals surface area contributed by atoms with Crippen LogP contribution in [0.5, 0.6) is 0 Å². The fraction of sp³-hybridized carbons (Fsp3) is 0.167. The predicted molar refractivity (Wildman–Crippen MR) is 69.6 cm³/mol. The number of nitrogens with one attached hydrogen (secondary N) is 1. The average molecular weight is 303 g/mol. The average Bonchev–Trinajstić information content (AvgIpc) is 2.85. The lowest BCUT2D eigenvalue weighted by Crippen LogP contribution is -2.26. The highest BCUT2D eigenvalue weighted by Crippen LogP contribution is 2.14. The van der Waals surface area contributed by atoms with Gasteiger partial charge in [0.2, 0.25) is 10.0 Å². The van der Waals surface area contributed by atoms with E-state index >= 15 is 0 Å². The minimum absolute atomic E-state index is 0.210. The number of sulfonamides is 1. The highest BCUT2D eigenvalue weighted by Gasteiger charge is 2.15. The zero-order valence-electron chi connectivity index (χ0n) is 9.77. The SMILES string of the molecule is O=S(=O)(NCCc1cccs1)c1ccc(F)c(F)c1. The Hall–Kier alpha value is -1.31. The summed E-state index contributed by atoms with van der Waals surface area (Å²) in [5, 5.41) is 1.90. The molecule has 1 heterocycles. The maximum atomic E-state index is 13.0. The van der Waals surface area contributed by atoms with Gasteiger partial charge in [-0.15, -0.1) is 11.3 Å². The van der Waals surface area contributed by atoms with Crippen molar-refractivity contribution in [3.8, 4) is 0 Å². The van der Waals surface area contributed by atoms with Crippen LogP contribution in [0.1, 0.15) is 4.88 Å². The van der Waals surface area contributed by atoms with E-state index in [0.717, 1.165) is 17.0 Å². The Bertz CT molecular complexity index is 654. The van der Waals surface area contributed by atoms with Crippen LogP contribution in [-0.2, 0) is 16.4 Å². The molecule has 0 aliphatic heterocycles. The molecule has 3 nitrogen and oxygen atoms in total. The van der Waals surface area contributed by atoms with E-state index in [1.54, 1.807) is 0 Å². The maximum absolute atomic E-state index is 13.0. The molecule has 0 unspecified atom stereocenters. The van der Waals surface area contributed by atoms with Crippen LogP contribution in [0.25, 0.3) is 0 Å². The molecule has 0 aliphatic rings. The Labute approximate surface area is 114 Å². The summed E-state index contributed by atoms with van der Waals surface area (Å²) < 4.78 is 51.7. The first-order chi connectivity index (χ1) is 8.99. The molecule has 0 saturated carbocycles. The lowest BCUT2D eigenvalue weighted by atomic mass is 10.3. The predicted octanol–water partition coefficient (Wildman–Crippen LogP) is 2.55. The van der Waals surface area contributed by atoms with Gasteiger partial charge in [-0.05, 0) is 36.1 Å². The molecule has 2 rings (SSSR count). The molecule has 0 fully saturated rings. The minimum atomic E-state index is -3.80. The molecule has 1 N–H and O–H groups in total. The van der Waals surface area contributed by atoms with E-state index in [1.165, 1.54) is 11.3 Å². The summed E-state index contributed by atoms with van der Waals surface area (Å²) in [5.74, 6) is -2.25. The van der Waals surface area contributed by atoms with Crippen LogP contribution in [0.15, 0.2) is 40.6 Å². The first-order valence-corrected chi connectivity index (χ1v) is 7.82. The second-order valence-electron chi connectivity index (χ2n) is 3.80. The fourth-order valence-electron chi connectivity index (χ4n) is 1.49. The lowest BCUT2D eigenvalue weighted by Gasteiger charge is -2.06. The Kier molecular flexibility index (Phi) is 4.28. The molecule has 0 aliphatic carbocycles. The highest BCUT2D eigenvalue weighted by molar-refractivity contribution is 7.89. The van der Waals surface area contributed by atoms with Crippen molar-refractivity contribution in [2.75, 3.05) is 6.54 Å². The van der Waals surface area contributed by atoms with Gasteiger partial charge in [0, 0.05) is 11.4 Å². The van der Waals surface area contributed by atoms with Gasteiger partial charge in [-0.25, -0.2) is 21.9 Å². The molecule has 0 bridgehead atoms. The molecule has 1 aromatic carbocycles. The Morgan fingerprint density at radius 3 is 2.58 bits per heavy atom. The number of hydrogen-bond acceptors (Lipinski definition) is 3. The molecule has 0 radical (unpaired) electrons. The minimum Gasteiger partial charge on any atom is -0.211 e. The molecule has 102 valence electrons. The van der Waals surface area contributed by atoms with Crippen molar-refractivity contribution in [2.24, 2.45) is 0 Å². The van der Waals surface area contributed by atoms with Crippen LogP contribution in [0.3, 0.4) is 0 Å². The molecule has 0 amide bonds. The van der Waals surface area contributed by atoms with Crippen molar-refractivity contribution in [2.45, 2.75) is 11.3 Å². The van der Waals surface area contributed by atoms with Crippen molar-refractivity contribution in [3.63, 3.8) is 0 Å². The van der Waals surface area contributed by atoms with Gasteiger partial charge in [-0.1, -0.05) is 6.07 Å². The van der Waals surface area contributed by atoms with E-state index in [4.69, 9.17) is 0 Å². The van der Waals surface area contributed by atoms with Gasteiger partial charge in [0.1, 0.15) is 0 Å². The van der Waals surface area contributed by atoms with Crippen LogP contribution in [0.2, 0.25) is 0 Å². The lowest BCUT2D eigenvalue weighted by molar-refractivity contribution is 0.504. The molecule has 0 spiro atoms. The molecule has 0 saturated heterocycles. The van der Waals surface area contributed by atoms with E-state index in [9.17, 15) is 17.2 Å². The Morgan fingerprint density at radius 2 is 1.95 bits per heavy atom. The van der Waals surface area contributed by atoms with Gasteiger partial charge < -0.3 is 0 Å². The number of benzene rings is 1. The van der Waals surface area contributed by atoms with Gasteiger partial charge in [-0.2, -0.15) is 0 Å². The molecule has 1 aromatic heterocycles. The summed E-state index contributed by atoms with van der Waals surface area (Å²) in [5.41, 5.74) is 0. The van der Waals surface area contributed by atoms with Crippen molar-refractivity contribution >= 4 is 21.4 Å². The second kappa shape index (κ2) is 5.77. The zero-order valence-corrected chi connectivity index (χ0v) is 11.4. The molecule has 2 aromatic rings. The van der Waals surface area contributed by atoms with Gasteiger partial charge in [0.05, 0.1) is 4.90 Å². The summed E-state index contributed by atoms with van der Waals surface area (Å²) in [6, 6.07) is 6.28. The Morgan fingerprint density at radius 1 is 1.16 bits per heavy atom. The number of rotatable bonds is 5. The van der Waals surface area contributed by atoms with Crippen molar-refractivity contribution in [1.82, 2.24) is 4.72 Å². The first kappa shape index (κ1) is 14.1. The number of hydrogen-bond donors (Lipinski definition) is 1. The van der Waals surface area contributed by atoms with E-state index in [0.29, 0.717) is 12.5 Å². The molecule has 7 heteroatoms. The third-order valence-corrected chi connectivity index (χ3v) is 4.84. The normalized spacial score (nSPS) is 11.7. The summed E-state index contributed by atoms with van der Waals surface area (Å²) in [4.78, 5) is 0.769. The van der Waals surface area contributed by atoms with Crippen LogP contribution in [-0.4, -0.2) is 15.0 Å². The summed E-state index contributed by atoms with van der Waals surface area (Å²) in [6.45, 7) is 0.210. The van der Waals surface area contributed by atoms with Gasteiger partial charge in [-0.3, -0.25) is 0 Å². The summed E-state index contributed by atoms with van der Waals surface area (Å²) >= 11 is 1.53. The topological polar surface area (TPSA) is 46.2 Å². The zero-order chi connectivity index (χ0) is 13.9. The molecular weight excluding hydrogens is 292 g/mol. The largest absolute Gasteiger partial charge is 0.240 e. The van der Waals surface area contributed by atoms with E-state index < -0.39 is 21.7 Å². The number of halogens is 2. The van der Waals surface area contributed by atoms with Crippen LogP contribution < -0.4 is 4.72 Å². The van der Waals surface area contributed by atoms with Crippen molar-refractivity contribution < 1.29 is 17.2 Å². The van der Waals surface area contributed by atoms with Crippen LogP contribution in [0.4, 0.5) is 8.78 Å². The summed E-state index contributed by atoms with van der Waals surface area (Å²) in [6.07, 6.45) is 0.556. The fourth-order valence-corrected chi connectivity index (χ4v) is 3.24. The van der Waals surface area contributed by atoms with Gasteiger partial charge >= 0.3 is 0 Å². The van der Waals surface area contributed by atoms with E-state index in [-0.39, 0.29) is 11.4 Å². The van der Waals surface area contributed by atoms with E-state index in [1.807, 2.05) is 17.5 Å². The van der Waals surface area contributed by atoms with Crippen LogP contribution in [0, 0.1) is 11.6 Å². The van der Waals surface area contributed by atoms with Crippen LogP contribution >= 0.6 is 11.3 Å². The molecular formula is C12H11F2NO2S2. The van der Waals surface area contributed by atoms with E-state index in [2.05, 4.69) is 4.72 Å². The highest BCUT2D eigenvalue weighted by atomic mass is 32.2. The van der Waals surface area contributed by atoms with Crippen molar-refractivity contribution in [3.05, 3.63) is 52.2 Å².